The van der Waals surface area contributed by atoms with Crippen molar-refractivity contribution in [2.24, 2.45) is 0 Å². The molecule has 0 aromatic heterocycles. The van der Waals surface area contributed by atoms with Gasteiger partial charge in [-0.25, -0.2) is 13.1 Å². The molecule has 7 nitrogen and oxygen atoms in total. The topological polar surface area (TPSA) is 93.7 Å². The molecule has 0 saturated heterocycles. The zero-order chi connectivity index (χ0) is 20.6. The van der Waals surface area contributed by atoms with E-state index in [9.17, 15) is 13.2 Å². The van der Waals surface area contributed by atoms with Crippen molar-refractivity contribution in [1.82, 2.24) is 10.0 Å². The second-order valence-electron chi connectivity index (χ2n) is 7.11. The highest BCUT2D eigenvalue weighted by atomic mass is 79.9. The van der Waals surface area contributed by atoms with E-state index in [-0.39, 0.29) is 34.2 Å². The van der Waals surface area contributed by atoms with Crippen LogP contribution in [-0.2, 0) is 10.0 Å². The molecular weight excluding hydrogens is 460 g/mol. The van der Waals surface area contributed by atoms with Crippen molar-refractivity contribution in [1.29, 1.82) is 0 Å². The zero-order valence-corrected chi connectivity index (χ0v) is 18.2. The maximum atomic E-state index is 12.9. The van der Waals surface area contributed by atoms with Crippen LogP contribution >= 0.6 is 15.9 Å². The summed E-state index contributed by atoms with van der Waals surface area (Å²) in [6.45, 7) is 0.493. The highest BCUT2D eigenvalue weighted by molar-refractivity contribution is 9.10. The van der Waals surface area contributed by atoms with Crippen molar-refractivity contribution >= 4 is 31.9 Å². The third-order valence-electron chi connectivity index (χ3n) is 4.93. The second-order valence-corrected chi connectivity index (χ2v) is 9.70. The van der Waals surface area contributed by atoms with E-state index in [1.54, 1.807) is 6.07 Å². The minimum atomic E-state index is -3.76. The van der Waals surface area contributed by atoms with Crippen molar-refractivity contribution < 1.29 is 22.7 Å². The molecule has 0 radical (unpaired) electrons. The Bertz CT molecular complexity index is 1050. The van der Waals surface area contributed by atoms with Crippen molar-refractivity contribution in [3.05, 3.63) is 52.0 Å². The Kier molecular flexibility index (Phi) is 5.54. The number of carbonyl (C=O) groups excluding carboxylic acids is 1. The molecule has 0 spiro atoms. The maximum absolute atomic E-state index is 12.9. The fourth-order valence-corrected chi connectivity index (χ4v) is 5.15. The highest BCUT2D eigenvalue weighted by Gasteiger charge is 2.31. The molecule has 1 saturated carbocycles. The van der Waals surface area contributed by atoms with Gasteiger partial charge in [0.2, 0.25) is 10.0 Å². The van der Waals surface area contributed by atoms with Crippen LogP contribution in [0.15, 0.2) is 45.8 Å². The number of rotatable bonds is 6. The van der Waals surface area contributed by atoms with Gasteiger partial charge in [0.15, 0.2) is 0 Å². The predicted octanol–water partition coefficient (Wildman–Crippen LogP) is 3.15. The van der Waals surface area contributed by atoms with Crippen LogP contribution in [0, 0.1) is 0 Å². The van der Waals surface area contributed by atoms with Crippen LogP contribution in [0.25, 0.3) is 0 Å². The third-order valence-corrected chi connectivity index (χ3v) is 6.97. The summed E-state index contributed by atoms with van der Waals surface area (Å²) >= 11 is 3.45. The standard InChI is InChI=1S/C20H21BrN2O5S/c1-27-18-6-2-12(10-19(18)29(25,26)23-14-4-5-14)20(24)22-16-8-9-28-17-7-3-13(21)11-15(16)17/h2-3,6-7,10-11,14,16,23H,4-5,8-9H2,1H3,(H,22,24). The molecule has 1 aliphatic heterocycles. The maximum Gasteiger partial charge on any atom is 0.251 e. The van der Waals surface area contributed by atoms with Crippen molar-refractivity contribution in [3.63, 3.8) is 0 Å². The minimum Gasteiger partial charge on any atom is -0.495 e. The first-order valence-electron chi connectivity index (χ1n) is 9.31. The Hall–Kier alpha value is -2.10. The number of fused-ring (bicyclic) bond motifs is 1. The van der Waals surface area contributed by atoms with Gasteiger partial charge >= 0.3 is 0 Å². The molecule has 1 unspecified atom stereocenters. The lowest BCUT2D eigenvalue weighted by atomic mass is 10.00. The fraction of sp³-hybridized carbons (Fsp3) is 0.350. The van der Waals surface area contributed by atoms with Gasteiger partial charge < -0.3 is 14.8 Å². The van der Waals surface area contributed by atoms with Crippen LogP contribution in [0.3, 0.4) is 0 Å². The summed E-state index contributed by atoms with van der Waals surface area (Å²) in [5.41, 5.74) is 1.14. The van der Waals surface area contributed by atoms with E-state index < -0.39 is 10.0 Å². The molecule has 1 heterocycles. The summed E-state index contributed by atoms with van der Waals surface area (Å²) in [6, 6.07) is 9.82. The van der Waals surface area contributed by atoms with E-state index >= 15 is 0 Å². The van der Waals surface area contributed by atoms with Gasteiger partial charge in [-0.15, -0.1) is 0 Å². The van der Waals surface area contributed by atoms with Crippen LogP contribution in [0.2, 0.25) is 0 Å². The van der Waals surface area contributed by atoms with Gasteiger partial charge in [0.1, 0.15) is 16.4 Å². The summed E-state index contributed by atoms with van der Waals surface area (Å²) in [7, 11) is -2.36. The molecule has 1 fully saturated rings. The molecule has 9 heteroatoms. The number of benzene rings is 2. The van der Waals surface area contributed by atoms with E-state index in [4.69, 9.17) is 9.47 Å². The number of hydrogen-bond acceptors (Lipinski definition) is 5. The summed E-state index contributed by atoms with van der Waals surface area (Å²) in [6.07, 6.45) is 2.26. The lowest BCUT2D eigenvalue weighted by Crippen LogP contribution is -2.32. The summed E-state index contributed by atoms with van der Waals surface area (Å²) < 4.78 is 39.7. The molecule has 154 valence electrons. The monoisotopic (exact) mass is 480 g/mol. The zero-order valence-electron chi connectivity index (χ0n) is 15.8. The van der Waals surface area contributed by atoms with Crippen molar-refractivity contribution in [2.75, 3.05) is 13.7 Å². The third kappa shape index (κ3) is 4.41. The number of nitrogens with one attached hydrogen (secondary N) is 2. The molecule has 2 N–H and O–H groups in total. The number of carbonyl (C=O) groups is 1. The van der Waals surface area contributed by atoms with Gasteiger partial charge in [0, 0.05) is 28.1 Å². The van der Waals surface area contributed by atoms with Gasteiger partial charge in [-0.2, -0.15) is 0 Å². The molecule has 2 aromatic rings. The van der Waals surface area contributed by atoms with E-state index in [1.165, 1.54) is 19.2 Å². The number of ether oxygens (including phenoxy) is 2. The normalized spacial score (nSPS) is 18.5. The van der Waals surface area contributed by atoms with Gasteiger partial charge in [0.05, 0.1) is 19.8 Å². The van der Waals surface area contributed by atoms with E-state index in [1.807, 2.05) is 18.2 Å². The van der Waals surface area contributed by atoms with E-state index in [0.717, 1.165) is 28.6 Å². The first-order chi connectivity index (χ1) is 13.9. The molecule has 29 heavy (non-hydrogen) atoms. The van der Waals surface area contributed by atoms with Crippen molar-refractivity contribution in [2.45, 2.75) is 36.2 Å². The van der Waals surface area contributed by atoms with Crippen LogP contribution in [0.1, 0.15) is 41.2 Å². The van der Waals surface area contributed by atoms with E-state index in [2.05, 4.69) is 26.0 Å². The smallest absolute Gasteiger partial charge is 0.251 e. The van der Waals surface area contributed by atoms with E-state index in [0.29, 0.717) is 13.0 Å². The Labute approximate surface area is 178 Å². The average molecular weight is 481 g/mol. The molecular formula is C20H21BrN2O5S. The first-order valence-corrected chi connectivity index (χ1v) is 11.6. The lowest BCUT2D eigenvalue weighted by molar-refractivity contribution is 0.0924. The predicted molar refractivity (Wildman–Crippen MR) is 111 cm³/mol. The Morgan fingerprint density at radius 1 is 1.17 bits per heavy atom. The van der Waals surface area contributed by atoms with Gasteiger partial charge in [-0.3, -0.25) is 4.79 Å². The number of amides is 1. The van der Waals surface area contributed by atoms with Crippen LogP contribution < -0.4 is 19.5 Å². The highest BCUT2D eigenvalue weighted by Crippen LogP contribution is 2.34. The molecule has 1 aliphatic carbocycles. The Balaban J connectivity index is 1.60. The lowest BCUT2D eigenvalue weighted by Gasteiger charge is -2.27. The summed E-state index contributed by atoms with van der Waals surface area (Å²) in [4.78, 5) is 12.9. The molecule has 1 atom stereocenters. The van der Waals surface area contributed by atoms with Crippen LogP contribution in [-0.4, -0.2) is 34.1 Å². The van der Waals surface area contributed by atoms with Crippen LogP contribution in [0.5, 0.6) is 11.5 Å². The van der Waals surface area contributed by atoms with Crippen molar-refractivity contribution in [3.8, 4) is 11.5 Å². The molecule has 2 aromatic carbocycles. The van der Waals surface area contributed by atoms with Gasteiger partial charge in [-0.1, -0.05) is 15.9 Å². The SMILES string of the molecule is COc1ccc(C(=O)NC2CCOc3ccc(Br)cc32)cc1S(=O)(=O)NC1CC1. The number of methoxy groups -OCH3 is 1. The second kappa shape index (κ2) is 7.97. The average Bonchev–Trinajstić information content (AvgIpc) is 3.51. The number of hydrogen-bond donors (Lipinski definition) is 2. The molecule has 4 rings (SSSR count). The minimum absolute atomic E-state index is 0.0327. The Morgan fingerprint density at radius 2 is 1.97 bits per heavy atom. The quantitative estimate of drug-likeness (QED) is 0.662. The largest absolute Gasteiger partial charge is 0.495 e. The summed E-state index contributed by atoms with van der Waals surface area (Å²) in [5.74, 6) is 0.583. The molecule has 2 aliphatic rings. The summed E-state index contributed by atoms with van der Waals surface area (Å²) in [5, 5.41) is 2.99. The fourth-order valence-electron chi connectivity index (χ4n) is 3.27. The molecule has 1 amide bonds. The number of halogens is 1. The van der Waals surface area contributed by atoms with Gasteiger partial charge in [0.25, 0.3) is 5.91 Å². The Morgan fingerprint density at radius 3 is 2.69 bits per heavy atom. The van der Waals surface area contributed by atoms with Gasteiger partial charge in [-0.05, 0) is 49.2 Å². The first kappa shape index (κ1) is 20.2. The molecule has 0 bridgehead atoms. The number of sulfonamides is 1. The van der Waals surface area contributed by atoms with Crippen LogP contribution in [0.4, 0.5) is 0 Å².